The molecule has 0 amide bonds. The number of rotatable bonds is 5. The summed E-state index contributed by atoms with van der Waals surface area (Å²) in [6.45, 7) is 3.01. The van der Waals surface area contributed by atoms with Crippen molar-refractivity contribution in [2.24, 2.45) is 5.73 Å². The van der Waals surface area contributed by atoms with Gasteiger partial charge in [-0.05, 0) is 49.1 Å². The van der Waals surface area contributed by atoms with Gasteiger partial charge in [0.2, 0.25) is 0 Å². The minimum absolute atomic E-state index is 0.563. The average Bonchev–Trinajstić information content (AvgIpc) is 2.28. The summed E-state index contributed by atoms with van der Waals surface area (Å²) in [5, 5.41) is 0. The van der Waals surface area contributed by atoms with Crippen molar-refractivity contribution < 1.29 is 0 Å². The van der Waals surface area contributed by atoms with E-state index in [1.54, 1.807) is 11.8 Å². The third kappa shape index (κ3) is 3.44. The van der Waals surface area contributed by atoms with Crippen molar-refractivity contribution in [3.05, 3.63) is 23.8 Å². The van der Waals surface area contributed by atoms with E-state index in [1.807, 2.05) is 11.8 Å². The third-order valence-corrected chi connectivity index (χ3v) is 4.09. The van der Waals surface area contributed by atoms with Gasteiger partial charge in [0.15, 0.2) is 0 Å². The Balaban J connectivity index is 2.96. The van der Waals surface area contributed by atoms with Crippen LogP contribution in [0.15, 0.2) is 28.0 Å². The number of hydrogen-bond donors (Lipinski definition) is 1. The predicted molar refractivity (Wildman–Crippen MR) is 72.1 cm³/mol. The summed E-state index contributed by atoms with van der Waals surface area (Å²) in [7, 11) is 0. The number of thioether (sulfide) groups is 2. The first-order valence-electron chi connectivity index (χ1n) is 5.15. The summed E-state index contributed by atoms with van der Waals surface area (Å²) in [6, 6.07) is 6.72. The zero-order valence-electron chi connectivity index (χ0n) is 9.62. The van der Waals surface area contributed by atoms with Crippen molar-refractivity contribution in [1.29, 1.82) is 0 Å². The smallest absolute Gasteiger partial charge is 0.0115 e. The van der Waals surface area contributed by atoms with Gasteiger partial charge in [0, 0.05) is 9.79 Å². The molecule has 0 aliphatic rings. The standard InChI is InChI=1S/C12H19NS2/c1-9(6-7-13)11-5-4-10(14-2)8-12(11)15-3/h4-5,8-9H,6-7,13H2,1-3H3. The lowest BCUT2D eigenvalue weighted by atomic mass is 9.98. The Morgan fingerprint density at radius 3 is 2.53 bits per heavy atom. The third-order valence-electron chi connectivity index (χ3n) is 2.57. The summed E-state index contributed by atoms with van der Waals surface area (Å²) in [4.78, 5) is 2.73. The van der Waals surface area contributed by atoms with Crippen LogP contribution in [0.25, 0.3) is 0 Å². The molecule has 0 radical (unpaired) electrons. The topological polar surface area (TPSA) is 26.0 Å². The van der Waals surface area contributed by atoms with Crippen LogP contribution in [0.3, 0.4) is 0 Å². The quantitative estimate of drug-likeness (QED) is 0.798. The fourth-order valence-electron chi connectivity index (χ4n) is 1.63. The number of benzene rings is 1. The Morgan fingerprint density at radius 2 is 2.00 bits per heavy atom. The molecule has 0 aliphatic heterocycles. The van der Waals surface area contributed by atoms with E-state index in [0.29, 0.717) is 5.92 Å². The molecular weight excluding hydrogens is 222 g/mol. The summed E-state index contributed by atoms with van der Waals surface area (Å²) >= 11 is 3.62. The van der Waals surface area contributed by atoms with Crippen molar-refractivity contribution in [3.8, 4) is 0 Å². The van der Waals surface area contributed by atoms with Gasteiger partial charge in [0.05, 0.1) is 0 Å². The van der Waals surface area contributed by atoms with Crippen LogP contribution in [0.4, 0.5) is 0 Å². The lowest BCUT2D eigenvalue weighted by Crippen LogP contribution is -2.05. The summed E-state index contributed by atoms with van der Waals surface area (Å²) in [5.41, 5.74) is 7.04. The molecule has 0 fully saturated rings. The van der Waals surface area contributed by atoms with Crippen molar-refractivity contribution >= 4 is 23.5 Å². The van der Waals surface area contributed by atoms with Gasteiger partial charge in [-0.15, -0.1) is 23.5 Å². The van der Waals surface area contributed by atoms with Gasteiger partial charge in [-0.1, -0.05) is 13.0 Å². The van der Waals surface area contributed by atoms with Crippen molar-refractivity contribution in [3.63, 3.8) is 0 Å². The monoisotopic (exact) mass is 241 g/mol. The van der Waals surface area contributed by atoms with Crippen LogP contribution in [-0.4, -0.2) is 19.1 Å². The Bertz CT molecular complexity index is 312. The Kier molecular flexibility index (Phi) is 5.58. The number of nitrogens with two attached hydrogens (primary N) is 1. The van der Waals surface area contributed by atoms with E-state index in [9.17, 15) is 0 Å². The highest BCUT2D eigenvalue weighted by Crippen LogP contribution is 2.32. The predicted octanol–water partition coefficient (Wildman–Crippen LogP) is 3.58. The highest BCUT2D eigenvalue weighted by Gasteiger charge is 2.09. The van der Waals surface area contributed by atoms with E-state index in [2.05, 4.69) is 37.6 Å². The molecule has 15 heavy (non-hydrogen) atoms. The van der Waals surface area contributed by atoms with E-state index in [0.717, 1.165) is 13.0 Å². The lowest BCUT2D eigenvalue weighted by molar-refractivity contribution is 0.678. The fourth-order valence-corrected chi connectivity index (χ4v) is 2.90. The van der Waals surface area contributed by atoms with Gasteiger partial charge in [0.1, 0.15) is 0 Å². The second-order valence-corrected chi connectivity index (χ2v) is 5.31. The molecule has 1 aromatic carbocycles. The lowest BCUT2D eigenvalue weighted by Gasteiger charge is -2.15. The molecule has 0 spiro atoms. The molecule has 0 aromatic heterocycles. The van der Waals surface area contributed by atoms with Crippen LogP contribution in [0.1, 0.15) is 24.8 Å². The molecule has 1 unspecified atom stereocenters. The average molecular weight is 241 g/mol. The van der Waals surface area contributed by atoms with Crippen molar-refractivity contribution in [2.75, 3.05) is 19.1 Å². The normalized spacial score (nSPS) is 12.8. The summed E-state index contributed by atoms with van der Waals surface area (Å²) in [5.74, 6) is 0.563. The van der Waals surface area contributed by atoms with E-state index in [4.69, 9.17) is 5.73 Å². The SMILES string of the molecule is CSc1ccc(C(C)CCN)c(SC)c1. The summed E-state index contributed by atoms with van der Waals surface area (Å²) < 4.78 is 0. The molecule has 0 aliphatic carbocycles. The van der Waals surface area contributed by atoms with Crippen LogP contribution in [0.2, 0.25) is 0 Å². The van der Waals surface area contributed by atoms with Crippen LogP contribution in [0.5, 0.6) is 0 Å². The minimum atomic E-state index is 0.563. The second kappa shape index (κ2) is 6.46. The van der Waals surface area contributed by atoms with Gasteiger partial charge in [0.25, 0.3) is 0 Å². The Labute approximate surface area is 101 Å². The highest BCUT2D eigenvalue weighted by molar-refractivity contribution is 7.99. The molecule has 1 atom stereocenters. The van der Waals surface area contributed by atoms with Crippen LogP contribution >= 0.6 is 23.5 Å². The molecule has 2 N–H and O–H groups in total. The molecule has 0 saturated heterocycles. The molecule has 3 heteroatoms. The van der Waals surface area contributed by atoms with Crippen LogP contribution in [0, 0.1) is 0 Å². The maximum Gasteiger partial charge on any atom is 0.0115 e. The molecular formula is C12H19NS2. The van der Waals surface area contributed by atoms with Crippen LogP contribution < -0.4 is 5.73 Å². The van der Waals surface area contributed by atoms with Gasteiger partial charge in [-0.3, -0.25) is 0 Å². The largest absolute Gasteiger partial charge is 0.330 e. The molecule has 0 heterocycles. The van der Waals surface area contributed by atoms with E-state index in [-0.39, 0.29) is 0 Å². The molecule has 0 bridgehead atoms. The van der Waals surface area contributed by atoms with Gasteiger partial charge in [-0.25, -0.2) is 0 Å². The Hall–Kier alpha value is -0.120. The Morgan fingerprint density at radius 1 is 1.27 bits per heavy atom. The first kappa shape index (κ1) is 12.9. The highest BCUT2D eigenvalue weighted by atomic mass is 32.2. The fraction of sp³-hybridized carbons (Fsp3) is 0.500. The zero-order chi connectivity index (χ0) is 11.3. The first-order valence-corrected chi connectivity index (χ1v) is 7.59. The molecule has 84 valence electrons. The summed E-state index contributed by atoms with van der Waals surface area (Å²) in [6.07, 6.45) is 5.31. The van der Waals surface area contributed by atoms with Gasteiger partial charge < -0.3 is 5.73 Å². The van der Waals surface area contributed by atoms with E-state index < -0.39 is 0 Å². The zero-order valence-corrected chi connectivity index (χ0v) is 11.3. The van der Waals surface area contributed by atoms with E-state index in [1.165, 1.54) is 15.4 Å². The molecule has 1 aromatic rings. The second-order valence-electron chi connectivity index (χ2n) is 3.59. The molecule has 1 rings (SSSR count). The van der Waals surface area contributed by atoms with Crippen LogP contribution in [-0.2, 0) is 0 Å². The maximum absolute atomic E-state index is 5.60. The van der Waals surface area contributed by atoms with Gasteiger partial charge >= 0.3 is 0 Å². The molecule has 0 saturated carbocycles. The van der Waals surface area contributed by atoms with Crippen molar-refractivity contribution in [1.82, 2.24) is 0 Å². The number of hydrogen-bond acceptors (Lipinski definition) is 3. The maximum atomic E-state index is 5.60. The molecule has 1 nitrogen and oxygen atoms in total. The van der Waals surface area contributed by atoms with Gasteiger partial charge in [-0.2, -0.15) is 0 Å². The van der Waals surface area contributed by atoms with Crippen molar-refractivity contribution in [2.45, 2.75) is 29.1 Å². The van der Waals surface area contributed by atoms with E-state index >= 15 is 0 Å². The minimum Gasteiger partial charge on any atom is -0.330 e. The first-order chi connectivity index (χ1) is 7.22.